The van der Waals surface area contributed by atoms with Crippen LogP contribution in [0.25, 0.3) is 0 Å². The first-order valence-corrected chi connectivity index (χ1v) is 0.493. The largest absolute Gasteiger partial charge is 1.00 e. The minimum absolute atomic E-state index is 0. The molecule has 0 bridgehead atoms. The normalized spacial score (nSPS) is 1.60. The molecule has 0 aliphatic carbocycles. The van der Waals surface area contributed by atoms with E-state index in [0.717, 1.165) is 5.94 Å². The third kappa shape index (κ3) is 48.9. The summed E-state index contributed by atoms with van der Waals surface area (Å²) in [5.41, 5.74) is 0. The molecule has 0 aliphatic heterocycles. The minimum Gasteiger partial charge on any atom is -0.420 e. The Bertz CT molecular complexity index is 28.6. The van der Waals surface area contributed by atoms with Gasteiger partial charge in [-0.15, -0.1) is 0 Å². The first kappa shape index (κ1) is 16.8. The van der Waals surface area contributed by atoms with Crippen LogP contribution >= 0.6 is 0 Å². The van der Waals surface area contributed by atoms with E-state index in [0.29, 0.717) is 0 Å². The molecular weight excluding hydrogens is 434 g/mol. The van der Waals surface area contributed by atoms with Crippen LogP contribution in [0.5, 0.6) is 0 Å². The number of hydrogen-bond donors (Lipinski definition) is 0. The second-order valence-electron chi connectivity index (χ2n) is 0.118. The van der Waals surface area contributed by atoms with Gasteiger partial charge in [0.1, 0.15) is 0 Å². The van der Waals surface area contributed by atoms with Gasteiger partial charge < -0.3 is 6.58 Å². The van der Waals surface area contributed by atoms with Crippen LogP contribution in [0.1, 0.15) is 0 Å². The number of hydrogen-bond acceptors (Lipinski definition) is 1. The van der Waals surface area contributed by atoms with E-state index in [9.17, 15) is 0 Å². The SMILES string of the molecule is [Au+].[Au].[CH-]=C=O. The molecular formula is C2HAu2O. The van der Waals surface area contributed by atoms with E-state index in [1.165, 1.54) is 0 Å². The molecule has 37 valence electrons. The maximum absolute atomic E-state index is 8.46. The van der Waals surface area contributed by atoms with Gasteiger partial charge in [-0.1, -0.05) is 5.94 Å². The molecule has 0 atom stereocenters. The van der Waals surface area contributed by atoms with E-state index >= 15 is 0 Å². The molecule has 0 unspecified atom stereocenters. The molecule has 0 aromatic rings. The second-order valence-corrected chi connectivity index (χ2v) is 0.118. The average Bonchev–Trinajstić information content (AvgIpc) is 0.918. The maximum atomic E-state index is 8.46. The number of rotatable bonds is 0. The Morgan fingerprint density at radius 3 is 1.60 bits per heavy atom. The number of carbonyl (C=O) groups excluding carboxylic acids is 1. The van der Waals surface area contributed by atoms with Crippen LogP contribution in [0.15, 0.2) is 0 Å². The quantitative estimate of drug-likeness (QED) is 0.293. The smallest absolute Gasteiger partial charge is 0.420 e. The molecule has 3 heteroatoms. The molecule has 0 aromatic carbocycles. The summed E-state index contributed by atoms with van der Waals surface area (Å²) in [4.78, 5) is 8.46. The van der Waals surface area contributed by atoms with Gasteiger partial charge in [-0.3, -0.25) is 4.79 Å². The van der Waals surface area contributed by atoms with E-state index in [4.69, 9.17) is 4.79 Å². The molecule has 0 saturated heterocycles. The third-order valence-electron chi connectivity index (χ3n) is 0. The maximum Gasteiger partial charge on any atom is 1.00 e. The van der Waals surface area contributed by atoms with Crippen molar-refractivity contribution in [3.63, 3.8) is 0 Å². The summed E-state index contributed by atoms with van der Waals surface area (Å²) in [7, 11) is 0. The van der Waals surface area contributed by atoms with Crippen LogP contribution in [0.2, 0.25) is 0 Å². The molecule has 0 amide bonds. The van der Waals surface area contributed by atoms with Gasteiger partial charge in [0.15, 0.2) is 0 Å². The zero-order chi connectivity index (χ0) is 2.71. The minimum atomic E-state index is 0. The van der Waals surface area contributed by atoms with Gasteiger partial charge in [0.25, 0.3) is 0 Å². The Morgan fingerprint density at radius 1 is 1.60 bits per heavy atom. The molecule has 0 N–H and O–H groups in total. The molecule has 0 aromatic heterocycles. The molecule has 0 rings (SSSR count). The van der Waals surface area contributed by atoms with Crippen LogP contribution in [-0.4, -0.2) is 5.94 Å². The van der Waals surface area contributed by atoms with Gasteiger partial charge in [-0.25, -0.2) is 0 Å². The Labute approximate surface area is 61.8 Å². The summed E-state index contributed by atoms with van der Waals surface area (Å²) in [5, 5.41) is 0. The van der Waals surface area contributed by atoms with Gasteiger partial charge >= 0.3 is 22.4 Å². The fourth-order valence-electron chi connectivity index (χ4n) is 0. The van der Waals surface area contributed by atoms with Crippen LogP contribution in [0.4, 0.5) is 0 Å². The molecule has 0 fully saturated rings. The van der Waals surface area contributed by atoms with Gasteiger partial charge in [0.2, 0.25) is 0 Å². The van der Waals surface area contributed by atoms with E-state index in [-0.39, 0.29) is 44.8 Å². The topological polar surface area (TPSA) is 17.1 Å². The summed E-state index contributed by atoms with van der Waals surface area (Å²) >= 11 is 0. The van der Waals surface area contributed by atoms with Gasteiger partial charge in [-0.2, -0.15) is 0 Å². The van der Waals surface area contributed by atoms with E-state index < -0.39 is 0 Å². The summed E-state index contributed by atoms with van der Waals surface area (Å²) < 4.78 is 0. The predicted octanol–water partition coefficient (Wildman–Crippen LogP) is -0.198. The van der Waals surface area contributed by atoms with Crippen LogP contribution < -0.4 is 0 Å². The average molecular weight is 435 g/mol. The first-order valence-electron chi connectivity index (χ1n) is 0.493. The van der Waals surface area contributed by atoms with E-state index in [1.54, 1.807) is 0 Å². The fraction of sp³-hybridized carbons (Fsp3) is 0. The van der Waals surface area contributed by atoms with E-state index in [2.05, 4.69) is 6.58 Å². The molecule has 1 radical (unpaired) electrons. The van der Waals surface area contributed by atoms with Crippen molar-refractivity contribution in [1.29, 1.82) is 0 Å². The molecule has 0 spiro atoms. The third-order valence-corrected chi connectivity index (χ3v) is 0. The first-order chi connectivity index (χ1) is 1.41. The summed E-state index contributed by atoms with van der Waals surface area (Å²) in [6, 6.07) is 0. The standard InChI is InChI=1S/C2HO.2Au/c1-2-3;;/h1H;;/q-1;;+1. The van der Waals surface area contributed by atoms with Crippen molar-refractivity contribution in [3.8, 4) is 0 Å². The Morgan fingerprint density at radius 2 is 1.60 bits per heavy atom. The van der Waals surface area contributed by atoms with Crippen molar-refractivity contribution in [2.24, 2.45) is 0 Å². The van der Waals surface area contributed by atoms with Gasteiger partial charge in [-0.05, 0) is 0 Å². The van der Waals surface area contributed by atoms with Crippen molar-refractivity contribution in [3.05, 3.63) is 6.58 Å². The van der Waals surface area contributed by atoms with Crippen molar-refractivity contribution < 1.29 is 49.6 Å². The molecule has 0 heterocycles. The van der Waals surface area contributed by atoms with Crippen molar-refractivity contribution in [2.75, 3.05) is 0 Å². The van der Waals surface area contributed by atoms with Crippen LogP contribution in [0, 0.1) is 6.58 Å². The zero-order valence-corrected chi connectivity index (χ0v) is 6.42. The summed E-state index contributed by atoms with van der Waals surface area (Å²) in [5.74, 6) is 1.00. The summed E-state index contributed by atoms with van der Waals surface area (Å²) in [6.07, 6.45) is 0. The summed E-state index contributed by atoms with van der Waals surface area (Å²) in [6.45, 7) is 4.04. The monoisotopic (exact) mass is 435 g/mol. The predicted molar refractivity (Wildman–Crippen MR) is 9.99 cm³/mol. The van der Waals surface area contributed by atoms with Crippen molar-refractivity contribution >= 4 is 5.94 Å². The zero-order valence-electron chi connectivity index (χ0n) is 2.09. The van der Waals surface area contributed by atoms with E-state index in [1.807, 2.05) is 0 Å². The Hall–Kier alpha value is 0.931. The molecule has 0 saturated carbocycles. The molecule has 5 heavy (non-hydrogen) atoms. The van der Waals surface area contributed by atoms with Crippen molar-refractivity contribution in [2.45, 2.75) is 0 Å². The second kappa shape index (κ2) is 20.4. The Kier molecular flexibility index (Phi) is 68.6. The molecule has 0 aliphatic rings. The van der Waals surface area contributed by atoms with Gasteiger partial charge in [0, 0.05) is 22.4 Å². The van der Waals surface area contributed by atoms with Gasteiger partial charge in [0.05, 0.1) is 0 Å². The van der Waals surface area contributed by atoms with Crippen LogP contribution in [-0.2, 0) is 49.6 Å². The van der Waals surface area contributed by atoms with Crippen molar-refractivity contribution in [1.82, 2.24) is 0 Å². The fourth-order valence-corrected chi connectivity index (χ4v) is 0. The Balaban J connectivity index is -0.0000000200. The molecule has 1 nitrogen and oxygen atoms in total. The van der Waals surface area contributed by atoms with Crippen LogP contribution in [0.3, 0.4) is 0 Å².